The summed E-state index contributed by atoms with van der Waals surface area (Å²) in [6, 6.07) is 6.42. The number of fused-ring (bicyclic) bond motifs is 1. The number of halogens is 2. The number of imidazole rings is 1. The summed E-state index contributed by atoms with van der Waals surface area (Å²) in [5, 5.41) is 0. The zero-order valence-electron chi connectivity index (χ0n) is 26.4. The molecule has 5 heterocycles. The van der Waals surface area contributed by atoms with Crippen LogP contribution in [0.5, 0.6) is 0 Å². The van der Waals surface area contributed by atoms with Crippen LogP contribution in [0.2, 0.25) is 0 Å². The molecule has 0 N–H and O–H groups in total. The van der Waals surface area contributed by atoms with Gasteiger partial charge in [-0.15, -0.1) is 0 Å². The normalized spacial score (nSPS) is 21.2. The Bertz CT molecular complexity index is 1560. The van der Waals surface area contributed by atoms with Crippen LogP contribution in [0, 0.1) is 30.5 Å². The van der Waals surface area contributed by atoms with Crippen LogP contribution in [-0.2, 0) is 9.53 Å². The molecular weight excluding hydrogens is 564 g/mol. The molecule has 3 aromatic rings. The molecule has 0 saturated carbocycles. The first-order valence-electron chi connectivity index (χ1n) is 15.9. The molecule has 0 spiro atoms. The number of benzene rings is 1. The van der Waals surface area contributed by atoms with Gasteiger partial charge in [-0.1, -0.05) is 19.9 Å². The summed E-state index contributed by atoms with van der Waals surface area (Å²) >= 11 is 0. The Morgan fingerprint density at radius 2 is 1.77 bits per heavy atom. The first-order valence-corrected chi connectivity index (χ1v) is 15.9. The van der Waals surface area contributed by atoms with Crippen molar-refractivity contribution in [1.82, 2.24) is 24.1 Å². The van der Waals surface area contributed by atoms with Gasteiger partial charge >= 0.3 is 0 Å². The van der Waals surface area contributed by atoms with Gasteiger partial charge in [0.25, 0.3) is 5.91 Å². The average molecular weight is 608 g/mol. The van der Waals surface area contributed by atoms with E-state index in [4.69, 9.17) is 4.74 Å². The maximum atomic E-state index is 15.4. The fourth-order valence-corrected chi connectivity index (χ4v) is 7.66. The standard InChI is InChI=1S/C34H43F2N5O3/c1-20(2)31(24-8-10-38(11-9-24)23(5)42)39-16-26(17-39)25-14-29(32-33(36)37-22(4)41(32)18-25)28-7-6-27(35)15-30(28)34(43)40-12-13-44-19-21(40)3/h6-7,14-15,18,20-21,24,26,31H,8-13,16-17,19H2,1-5H3/t21-,31-/m1/s1. The molecule has 1 aromatic carbocycles. The highest BCUT2D eigenvalue weighted by Gasteiger charge is 2.40. The minimum Gasteiger partial charge on any atom is -0.377 e. The average Bonchev–Trinajstić information content (AvgIpc) is 3.26. The van der Waals surface area contributed by atoms with Crippen molar-refractivity contribution >= 4 is 17.3 Å². The van der Waals surface area contributed by atoms with Crippen LogP contribution >= 0.6 is 0 Å². The highest BCUT2D eigenvalue weighted by molar-refractivity contribution is 6.03. The molecule has 6 rings (SSSR count). The number of pyridine rings is 1. The number of rotatable bonds is 6. The van der Waals surface area contributed by atoms with E-state index in [1.807, 2.05) is 24.1 Å². The number of hydrogen-bond acceptors (Lipinski definition) is 5. The number of amides is 2. The lowest BCUT2D eigenvalue weighted by atomic mass is 9.78. The lowest BCUT2D eigenvalue weighted by Gasteiger charge is -2.50. The van der Waals surface area contributed by atoms with E-state index in [9.17, 15) is 14.0 Å². The number of aryl methyl sites for hydroxylation is 1. The quantitative estimate of drug-likeness (QED) is 0.389. The molecule has 0 unspecified atom stereocenters. The van der Waals surface area contributed by atoms with Crippen molar-refractivity contribution in [1.29, 1.82) is 0 Å². The Hall–Kier alpha value is -3.37. The molecule has 3 saturated heterocycles. The van der Waals surface area contributed by atoms with Crippen LogP contribution in [0.15, 0.2) is 30.5 Å². The maximum Gasteiger partial charge on any atom is 0.254 e. The number of hydrogen-bond donors (Lipinski definition) is 0. The van der Waals surface area contributed by atoms with Gasteiger partial charge < -0.3 is 18.9 Å². The van der Waals surface area contributed by atoms with Gasteiger partial charge in [0.2, 0.25) is 11.9 Å². The number of piperidine rings is 1. The first kappa shape index (κ1) is 30.6. The van der Waals surface area contributed by atoms with E-state index in [2.05, 4.69) is 23.7 Å². The van der Waals surface area contributed by atoms with Gasteiger partial charge in [0.05, 0.1) is 24.8 Å². The highest BCUT2D eigenvalue weighted by Crippen LogP contribution is 2.40. The van der Waals surface area contributed by atoms with E-state index in [0.29, 0.717) is 54.6 Å². The molecule has 0 aliphatic carbocycles. The molecule has 8 nitrogen and oxygen atoms in total. The van der Waals surface area contributed by atoms with Gasteiger partial charge in [0, 0.05) is 63.4 Å². The van der Waals surface area contributed by atoms with Crippen molar-refractivity contribution in [3.05, 3.63) is 59.2 Å². The number of morpholine rings is 1. The van der Waals surface area contributed by atoms with Crippen molar-refractivity contribution in [3.8, 4) is 11.1 Å². The van der Waals surface area contributed by atoms with Gasteiger partial charge in [-0.2, -0.15) is 4.39 Å². The SMILES string of the molecule is CC(=O)N1CCC([C@@H](C(C)C)N2CC(c3cc(-c4ccc(F)cc4C(=O)N4CCOC[C@H]4C)c4c(F)nc(C)n4c3)C2)CC1. The maximum absolute atomic E-state index is 15.4. The summed E-state index contributed by atoms with van der Waals surface area (Å²) in [6.45, 7) is 14.5. The van der Waals surface area contributed by atoms with E-state index in [-0.39, 0.29) is 34.9 Å². The van der Waals surface area contributed by atoms with Crippen molar-refractivity contribution in [3.63, 3.8) is 0 Å². The lowest BCUT2D eigenvalue weighted by Crippen LogP contribution is -2.56. The number of nitrogens with zero attached hydrogens (tertiary/aromatic N) is 5. The molecule has 44 heavy (non-hydrogen) atoms. The molecule has 0 bridgehead atoms. The van der Waals surface area contributed by atoms with Crippen molar-refractivity contribution in [2.75, 3.05) is 45.9 Å². The Morgan fingerprint density at radius 1 is 1.05 bits per heavy atom. The summed E-state index contributed by atoms with van der Waals surface area (Å²) < 4.78 is 37.3. The third kappa shape index (κ3) is 5.62. The fourth-order valence-electron chi connectivity index (χ4n) is 7.66. The highest BCUT2D eigenvalue weighted by atomic mass is 19.1. The predicted molar refractivity (Wildman–Crippen MR) is 165 cm³/mol. The molecule has 0 radical (unpaired) electrons. The first-order chi connectivity index (χ1) is 21.0. The van der Waals surface area contributed by atoms with Gasteiger partial charge in [-0.05, 0) is 67.9 Å². The Balaban J connectivity index is 1.32. The second kappa shape index (κ2) is 12.2. The second-order valence-electron chi connectivity index (χ2n) is 13.2. The van der Waals surface area contributed by atoms with E-state index in [1.165, 1.54) is 12.1 Å². The molecule has 236 valence electrons. The van der Waals surface area contributed by atoms with E-state index < -0.39 is 11.8 Å². The Kier molecular flexibility index (Phi) is 8.50. The largest absolute Gasteiger partial charge is 0.377 e. The molecule has 2 atom stereocenters. The monoisotopic (exact) mass is 607 g/mol. The van der Waals surface area contributed by atoms with Crippen molar-refractivity contribution in [2.45, 2.75) is 65.5 Å². The van der Waals surface area contributed by atoms with Crippen molar-refractivity contribution < 1.29 is 23.1 Å². The molecule has 10 heteroatoms. The predicted octanol–water partition coefficient (Wildman–Crippen LogP) is 5.13. The van der Waals surface area contributed by atoms with Gasteiger partial charge in [0.15, 0.2) is 0 Å². The van der Waals surface area contributed by atoms with Gasteiger partial charge in [-0.25, -0.2) is 9.37 Å². The lowest BCUT2D eigenvalue weighted by molar-refractivity contribution is -0.130. The molecular formula is C34H43F2N5O3. The number of carbonyl (C=O) groups excluding carboxylic acids is 2. The fraction of sp³-hybridized carbons (Fsp3) is 0.559. The van der Waals surface area contributed by atoms with Gasteiger partial charge in [0.1, 0.15) is 17.2 Å². The minimum atomic E-state index is -0.612. The van der Waals surface area contributed by atoms with E-state index in [0.717, 1.165) is 44.6 Å². The molecule has 2 amide bonds. The zero-order chi connectivity index (χ0) is 31.3. The van der Waals surface area contributed by atoms with Gasteiger partial charge in [-0.3, -0.25) is 14.5 Å². The molecule has 3 fully saturated rings. The number of likely N-dealkylation sites (tertiary alicyclic amines) is 2. The molecule has 2 aromatic heterocycles. The summed E-state index contributed by atoms with van der Waals surface area (Å²) in [5.41, 5.74) is 2.58. The minimum absolute atomic E-state index is 0.149. The second-order valence-corrected chi connectivity index (χ2v) is 13.2. The van der Waals surface area contributed by atoms with Crippen LogP contribution in [-0.4, -0.2) is 93.9 Å². The molecule has 3 aliphatic rings. The number of ether oxygens (including phenoxy) is 1. The summed E-state index contributed by atoms with van der Waals surface area (Å²) in [7, 11) is 0. The zero-order valence-corrected chi connectivity index (χ0v) is 26.4. The third-order valence-corrected chi connectivity index (χ3v) is 9.97. The number of aromatic nitrogens is 2. The Morgan fingerprint density at radius 3 is 2.43 bits per heavy atom. The number of carbonyl (C=O) groups is 2. The van der Waals surface area contributed by atoms with Crippen molar-refractivity contribution in [2.24, 2.45) is 11.8 Å². The van der Waals surface area contributed by atoms with Crippen LogP contribution < -0.4 is 0 Å². The smallest absolute Gasteiger partial charge is 0.254 e. The van der Waals surface area contributed by atoms with Crippen LogP contribution in [0.1, 0.15) is 68.2 Å². The summed E-state index contributed by atoms with van der Waals surface area (Å²) in [5.74, 6) is 0.481. The molecule has 3 aliphatic heterocycles. The van der Waals surface area contributed by atoms with Crippen LogP contribution in [0.3, 0.4) is 0 Å². The van der Waals surface area contributed by atoms with E-state index in [1.54, 1.807) is 29.2 Å². The van der Waals surface area contributed by atoms with Crippen LogP contribution in [0.4, 0.5) is 8.78 Å². The summed E-state index contributed by atoms with van der Waals surface area (Å²) in [4.78, 5) is 36.0. The third-order valence-electron chi connectivity index (χ3n) is 9.97. The van der Waals surface area contributed by atoms with E-state index >= 15 is 4.39 Å². The summed E-state index contributed by atoms with van der Waals surface area (Å²) in [6.07, 6.45) is 3.99. The topological polar surface area (TPSA) is 70.4 Å². The Labute approximate surface area is 258 Å². The van der Waals surface area contributed by atoms with Crippen LogP contribution in [0.25, 0.3) is 16.6 Å².